The molecular weight excluding hydrogens is 218 g/mol. The highest BCUT2D eigenvalue weighted by Crippen LogP contribution is 2.11. The summed E-state index contributed by atoms with van der Waals surface area (Å²) in [6, 6.07) is 0.609. The number of piperidine rings is 1. The van der Waals surface area contributed by atoms with Crippen LogP contribution >= 0.6 is 0 Å². The maximum Gasteiger partial charge on any atom is 0.314 e. The third-order valence-electron chi connectivity index (χ3n) is 3.28. The maximum atomic E-state index is 11.0. The molecule has 0 saturated carbocycles. The van der Waals surface area contributed by atoms with E-state index in [1.165, 1.54) is 0 Å². The molecule has 17 heavy (non-hydrogen) atoms. The number of nitrogens with one attached hydrogen (secondary N) is 1. The van der Waals surface area contributed by atoms with Gasteiger partial charge in [0, 0.05) is 32.3 Å². The number of nitrogens with zero attached hydrogens (tertiary/aromatic N) is 1. The van der Waals surface area contributed by atoms with Crippen LogP contribution in [0.15, 0.2) is 0 Å². The second kappa shape index (κ2) is 7.50. The summed E-state index contributed by atoms with van der Waals surface area (Å²) in [5.74, 6) is 0. The van der Waals surface area contributed by atoms with Gasteiger partial charge in [-0.3, -0.25) is 0 Å². The molecule has 5 nitrogen and oxygen atoms in total. The Morgan fingerprint density at radius 2 is 2.18 bits per heavy atom. The highest BCUT2D eigenvalue weighted by atomic mass is 16.5. The zero-order valence-corrected chi connectivity index (χ0v) is 10.9. The second-order valence-corrected chi connectivity index (χ2v) is 4.71. The molecule has 2 amide bonds. The Bertz CT molecular complexity index is 222. The van der Waals surface area contributed by atoms with Crippen molar-refractivity contribution in [2.24, 2.45) is 5.73 Å². The zero-order valence-electron chi connectivity index (χ0n) is 10.9. The molecule has 1 atom stereocenters. The van der Waals surface area contributed by atoms with Crippen molar-refractivity contribution in [3.05, 3.63) is 0 Å². The van der Waals surface area contributed by atoms with Crippen LogP contribution in [0.3, 0.4) is 0 Å². The van der Waals surface area contributed by atoms with Crippen molar-refractivity contribution in [1.29, 1.82) is 0 Å². The van der Waals surface area contributed by atoms with Gasteiger partial charge in [-0.25, -0.2) is 4.79 Å². The van der Waals surface area contributed by atoms with Gasteiger partial charge in [0.05, 0.1) is 6.61 Å². The number of urea groups is 1. The summed E-state index contributed by atoms with van der Waals surface area (Å²) < 4.78 is 5.21. The summed E-state index contributed by atoms with van der Waals surface area (Å²) in [7, 11) is 1.74. The summed E-state index contributed by atoms with van der Waals surface area (Å²) in [5.41, 5.74) is 5.26. The average Bonchev–Trinajstić information content (AvgIpc) is 2.30. The van der Waals surface area contributed by atoms with E-state index >= 15 is 0 Å². The van der Waals surface area contributed by atoms with Crippen molar-refractivity contribution < 1.29 is 9.53 Å². The molecule has 1 aliphatic rings. The number of methoxy groups -OCH3 is 1. The molecule has 100 valence electrons. The van der Waals surface area contributed by atoms with Crippen LogP contribution in [0.25, 0.3) is 0 Å². The number of amides is 2. The molecule has 1 fully saturated rings. The Labute approximate surface area is 104 Å². The number of rotatable bonds is 6. The monoisotopic (exact) mass is 243 g/mol. The maximum absolute atomic E-state index is 11.0. The Morgan fingerprint density at radius 1 is 1.53 bits per heavy atom. The molecule has 0 radical (unpaired) electrons. The summed E-state index contributed by atoms with van der Waals surface area (Å²) in [5, 5.41) is 3.61. The molecule has 1 rings (SSSR count). The van der Waals surface area contributed by atoms with Gasteiger partial charge in [-0.1, -0.05) is 13.3 Å². The Morgan fingerprint density at radius 3 is 2.65 bits per heavy atom. The largest absolute Gasteiger partial charge is 0.383 e. The number of carbonyl (C=O) groups excluding carboxylic acids is 1. The summed E-state index contributed by atoms with van der Waals surface area (Å²) in [6.45, 7) is 4.46. The molecule has 0 aliphatic carbocycles. The van der Waals surface area contributed by atoms with Crippen LogP contribution in [0.5, 0.6) is 0 Å². The lowest BCUT2D eigenvalue weighted by atomic mass is 10.0. The van der Waals surface area contributed by atoms with Crippen LogP contribution in [0.1, 0.15) is 32.6 Å². The smallest absolute Gasteiger partial charge is 0.314 e. The lowest BCUT2D eigenvalue weighted by molar-refractivity contribution is 0.141. The standard InChI is InChI=1S/C12H25N3O2/c1-3-4-11(9-17-2)14-10-5-7-15(8-6-10)12(13)16/h10-11,14H,3-9H2,1-2H3,(H2,13,16). The second-order valence-electron chi connectivity index (χ2n) is 4.71. The van der Waals surface area contributed by atoms with E-state index in [9.17, 15) is 4.79 Å². The van der Waals surface area contributed by atoms with Crippen molar-refractivity contribution in [3.63, 3.8) is 0 Å². The van der Waals surface area contributed by atoms with Crippen LogP contribution in [0.2, 0.25) is 0 Å². The molecule has 0 spiro atoms. The SMILES string of the molecule is CCCC(COC)NC1CCN(C(N)=O)CC1. The molecule has 5 heteroatoms. The molecule has 1 heterocycles. The Balaban J connectivity index is 2.30. The van der Waals surface area contributed by atoms with E-state index in [0.717, 1.165) is 45.4 Å². The normalized spacial score (nSPS) is 19.3. The first-order chi connectivity index (χ1) is 8.17. The predicted molar refractivity (Wildman–Crippen MR) is 67.9 cm³/mol. The molecule has 0 aromatic heterocycles. The number of nitrogens with two attached hydrogens (primary N) is 1. The number of primary amides is 1. The topological polar surface area (TPSA) is 67.6 Å². The molecule has 0 bridgehead atoms. The molecule has 0 aromatic rings. The lowest BCUT2D eigenvalue weighted by Gasteiger charge is -2.33. The summed E-state index contributed by atoms with van der Waals surface area (Å²) in [6.07, 6.45) is 4.24. The molecule has 1 aliphatic heterocycles. The van der Waals surface area contributed by atoms with E-state index in [1.54, 1.807) is 12.0 Å². The van der Waals surface area contributed by atoms with E-state index in [-0.39, 0.29) is 6.03 Å². The first kappa shape index (κ1) is 14.3. The minimum Gasteiger partial charge on any atom is -0.383 e. The highest BCUT2D eigenvalue weighted by Gasteiger charge is 2.22. The number of carbonyl (C=O) groups is 1. The van der Waals surface area contributed by atoms with Gasteiger partial charge in [0.1, 0.15) is 0 Å². The van der Waals surface area contributed by atoms with Gasteiger partial charge in [-0.05, 0) is 19.3 Å². The van der Waals surface area contributed by atoms with Gasteiger partial charge in [-0.2, -0.15) is 0 Å². The van der Waals surface area contributed by atoms with E-state index in [2.05, 4.69) is 12.2 Å². The molecular formula is C12H25N3O2. The average molecular weight is 243 g/mol. The first-order valence-electron chi connectivity index (χ1n) is 6.46. The van der Waals surface area contributed by atoms with Crippen molar-refractivity contribution >= 4 is 6.03 Å². The fraction of sp³-hybridized carbons (Fsp3) is 0.917. The molecule has 0 aromatic carbocycles. The highest BCUT2D eigenvalue weighted by molar-refractivity contribution is 5.72. The van der Waals surface area contributed by atoms with Crippen molar-refractivity contribution in [2.75, 3.05) is 26.8 Å². The van der Waals surface area contributed by atoms with Crippen molar-refractivity contribution in [3.8, 4) is 0 Å². The number of hydrogen-bond donors (Lipinski definition) is 2. The summed E-state index contributed by atoms with van der Waals surface area (Å²) >= 11 is 0. The third-order valence-corrected chi connectivity index (χ3v) is 3.28. The molecule has 1 unspecified atom stereocenters. The quantitative estimate of drug-likeness (QED) is 0.729. The lowest BCUT2D eigenvalue weighted by Crippen LogP contribution is -2.49. The predicted octanol–water partition coefficient (Wildman–Crippen LogP) is 0.934. The van der Waals surface area contributed by atoms with Crippen LogP contribution < -0.4 is 11.1 Å². The van der Waals surface area contributed by atoms with Crippen LogP contribution in [0, 0.1) is 0 Å². The van der Waals surface area contributed by atoms with E-state index in [4.69, 9.17) is 10.5 Å². The van der Waals surface area contributed by atoms with Gasteiger partial charge >= 0.3 is 6.03 Å². The summed E-state index contributed by atoms with van der Waals surface area (Å²) in [4.78, 5) is 12.7. The zero-order chi connectivity index (χ0) is 12.7. The van der Waals surface area contributed by atoms with E-state index < -0.39 is 0 Å². The first-order valence-corrected chi connectivity index (χ1v) is 6.46. The van der Waals surface area contributed by atoms with Gasteiger partial charge in [-0.15, -0.1) is 0 Å². The molecule has 1 saturated heterocycles. The van der Waals surface area contributed by atoms with Crippen LogP contribution in [-0.4, -0.2) is 49.8 Å². The van der Waals surface area contributed by atoms with E-state index in [0.29, 0.717) is 12.1 Å². The fourth-order valence-corrected chi connectivity index (χ4v) is 2.36. The molecule has 3 N–H and O–H groups in total. The fourth-order valence-electron chi connectivity index (χ4n) is 2.36. The van der Waals surface area contributed by atoms with Gasteiger partial charge in [0.2, 0.25) is 0 Å². The van der Waals surface area contributed by atoms with Crippen molar-refractivity contribution in [2.45, 2.75) is 44.7 Å². The van der Waals surface area contributed by atoms with Gasteiger partial charge in [0.25, 0.3) is 0 Å². The number of ether oxygens (including phenoxy) is 1. The van der Waals surface area contributed by atoms with Crippen LogP contribution in [0.4, 0.5) is 4.79 Å². The van der Waals surface area contributed by atoms with E-state index in [1.807, 2.05) is 0 Å². The van der Waals surface area contributed by atoms with Gasteiger partial charge in [0.15, 0.2) is 0 Å². The van der Waals surface area contributed by atoms with Crippen molar-refractivity contribution in [1.82, 2.24) is 10.2 Å². The van der Waals surface area contributed by atoms with Crippen LogP contribution in [-0.2, 0) is 4.74 Å². The minimum atomic E-state index is -0.301. The number of likely N-dealkylation sites (tertiary alicyclic amines) is 1. The minimum absolute atomic E-state index is 0.301. The number of hydrogen-bond acceptors (Lipinski definition) is 3. The third kappa shape index (κ3) is 4.91. The van der Waals surface area contributed by atoms with Gasteiger partial charge < -0.3 is 20.7 Å². The Kier molecular flexibility index (Phi) is 6.29. The Hall–Kier alpha value is -0.810.